The second-order valence-corrected chi connectivity index (χ2v) is 3.35. The molecule has 15 heavy (non-hydrogen) atoms. The predicted octanol–water partition coefficient (Wildman–Crippen LogP) is 2.91. The first kappa shape index (κ1) is 9.54. The molecule has 0 saturated carbocycles. The molecule has 0 aliphatic heterocycles. The van der Waals surface area contributed by atoms with E-state index in [9.17, 15) is 0 Å². The monoisotopic (exact) mass is 197 g/mol. The maximum absolute atomic E-state index is 8.71. The van der Waals surface area contributed by atoms with E-state index in [4.69, 9.17) is 10.00 Å². The zero-order chi connectivity index (χ0) is 10.7. The van der Waals surface area contributed by atoms with E-state index >= 15 is 0 Å². The third kappa shape index (κ3) is 1.77. The van der Waals surface area contributed by atoms with Crippen LogP contribution in [0, 0.1) is 11.3 Å². The number of fused-ring (bicyclic) bond motifs is 1. The summed E-state index contributed by atoms with van der Waals surface area (Å²) in [5.74, 6) is 0.787. The Kier molecular flexibility index (Phi) is 2.55. The molecular weight excluding hydrogens is 186 g/mol. The van der Waals surface area contributed by atoms with Crippen molar-refractivity contribution in [1.82, 2.24) is 0 Å². The summed E-state index contributed by atoms with van der Waals surface area (Å²) in [5, 5.41) is 11.0. The van der Waals surface area contributed by atoms with E-state index in [1.165, 1.54) is 0 Å². The SMILES string of the molecule is COc1cc2ccccc2cc1CC#N. The van der Waals surface area contributed by atoms with Crippen LogP contribution in [0.25, 0.3) is 10.8 Å². The van der Waals surface area contributed by atoms with Crippen molar-refractivity contribution in [2.45, 2.75) is 6.42 Å². The fraction of sp³-hybridized carbons (Fsp3) is 0.154. The summed E-state index contributed by atoms with van der Waals surface area (Å²) < 4.78 is 5.25. The zero-order valence-electron chi connectivity index (χ0n) is 8.53. The van der Waals surface area contributed by atoms with Crippen LogP contribution in [-0.4, -0.2) is 7.11 Å². The van der Waals surface area contributed by atoms with Gasteiger partial charge in [0.2, 0.25) is 0 Å². The van der Waals surface area contributed by atoms with Crippen molar-refractivity contribution in [2.75, 3.05) is 7.11 Å². The normalized spacial score (nSPS) is 9.87. The lowest BCUT2D eigenvalue weighted by Crippen LogP contribution is -1.91. The van der Waals surface area contributed by atoms with E-state index in [0.29, 0.717) is 6.42 Å². The van der Waals surface area contributed by atoms with Gasteiger partial charge in [-0.1, -0.05) is 24.3 Å². The third-order valence-corrected chi connectivity index (χ3v) is 2.42. The molecule has 2 aromatic rings. The van der Waals surface area contributed by atoms with Gasteiger partial charge in [-0.15, -0.1) is 0 Å². The largest absolute Gasteiger partial charge is 0.496 e. The number of nitriles is 1. The van der Waals surface area contributed by atoms with E-state index in [-0.39, 0.29) is 0 Å². The topological polar surface area (TPSA) is 33.0 Å². The first-order valence-electron chi connectivity index (χ1n) is 4.78. The van der Waals surface area contributed by atoms with Gasteiger partial charge in [0, 0.05) is 5.56 Å². The minimum Gasteiger partial charge on any atom is -0.496 e. The van der Waals surface area contributed by atoms with Gasteiger partial charge < -0.3 is 4.74 Å². The van der Waals surface area contributed by atoms with Crippen LogP contribution in [0.3, 0.4) is 0 Å². The number of hydrogen-bond donors (Lipinski definition) is 0. The summed E-state index contributed by atoms with van der Waals surface area (Å²) in [6, 6.07) is 14.2. The van der Waals surface area contributed by atoms with E-state index in [1.54, 1.807) is 7.11 Å². The summed E-state index contributed by atoms with van der Waals surface area (Å²) in [6.45, 7) is 0. The summed E-state index contributed by atoms with van der Waals surface area (Å²) in [6.07, 6.45) is 0.383. The standard InChI is InChI=1S/C13H11NO/c1-15-13-9-11-5-3-2-4-10(11)8-12(13)6-7-14/h2-5,8-9H,6H2,1H3. The molecule has 2 heteroatoms. The molecule has 0 aromatic heterocycles. The van der Waals surface area contributed by atoms with Gasteiger partial charge in [0.05, 0.1) is 19.6 Å². The molecule has 0 amide bonds. The average Bonchev–Trinajstić information content (AvgIpc) is 2.28. The lowest BCUT2D eigenvalue weighted by atomic mass is 10.0. The Labute approximate surface area is 88.7 Å². The quantitative estimate of drug-likeness (QED) is 0.741. The lowest BCUT2D eigenvalue weighted by molar-refractivity contribution is 0.411. The number of ether oxygens (including phenoxy) is 1. The molecule has 0 atom stereocenters. The molecule has 0 heterocycles. The van der Waals surface area contributed by atoms with Crippen molar-refractivity contribution in [3.05, 3.63) is 42.0 Å². The van der Waals surface area contributed by atoms with Crippen molar-refractivity contribution < 1.29 is 4.74 Å². The smallest absolute Gasteiger partial charge is 0.123 e. The highest BCUT2D eigenvalue weighted by molar-refractivity contribution is 5.85. The minimum absolute atomic E-state index is 0.383. The highest BCUT2D eigenvalue weighted by atomic mass is 16.5. The van der Waals surface area contributed by atoms with Gasteiger partial charge in [0.25, 0.3) is 0 Å². The van der Waals surface area contributed by atoms with Gasteiger partial charge in [0.1, 0.15) is 5.75 Å². The van der Waals surface area contributed by atoms with Gasteiger partial charge in [-0.05, 0) is 22.9 Å². The van der Waals surface area contributed by atoms with Crippen LogP contribution in [-0.2, 0) is 6.42 Å². The molecule has 0 aliphatic rings. The second kappa shape index (κ2) is 4.02. The Bertz CT molecular complexity index is 526. The molecule has 0 unspecified atom stereocenters. The Hall–Kier alpha value is -2.01. The van der Waals surface area contributed by atoms with Gasteiger partial charge in [-0.2, -0.15) is 5.26 Å². The van der Waals surface area contributed by atoms with Crippen LogP contribution in [0.15, 0.2) is 36.4 Å². The van der Waals surface area contributed by atoms with E-state index < -0.39 is 0 Å². The zero-order valence-corrected chi connectivity index (χ0v) is 8.53. The van der Waals surface area contributed by atoms with Crippen molar-refractivity contribution in [2.24, 2.45) is 0 Å². The number of methoxy groups -OCH3 is 1. The first-order valence-corrected chi connectivity index (χ1v) is 4.78. The molecule has 0 fully saturated rings. The molecule has 0 spiro atoms. The molecule has 0 radical (unpaired) electrons. The first-order chi connectivity index (χ1) is 7.35. The van der Waals surface area contributed by atoms with Gasteiger partial charge in [0.15, 0.2) is 0 Å². The molecule has 0 aliphatic carbocycles. The molecular formula is C13H11NO. The molecule has 0 saturated heterocycles. The van der Waals surface area contributed by atoms with E-state index in [0.717, 1.165) is 22.1 Å². The summed E-state index contributed by atoms with van der Waals surface area (Å²) in [7, 11) is 1.63. The van der Waals surface area contributed by atoms with Crippen LogP contribution in [0.4, 0.5) is 0 Å². The number of hydrogen-bond acceptors (Lipinski definition) is 2. The molecule has 2 aromatic carbocycles. The lowest BCUT2D eigenvalue weighted by Gasteiger charge is -2.07. The Morgan fingerprint density at radius 1 is 1.20 bits per heavy atom. The Balaban J connectivity index is 2.64. The number of rotatable bonds is 2. The molecule has 74 valence electrons. The summed E-state index contributed by atoms with van der Waals surface area (Å²) >= 11 is 0. The average molecular weight is 197 g/mol. The Morgan fingerprint density at radius 2 is 1.87 bits per heavy atom. The van der Waals surface area contributed by atoms with Crippen LogP contribution in [0.5, 0.6) is 5.75 Å². The third-order valence-electron chi connectivity index (χ3n) is 2.42. The fourth-order valence-corrected chi connectivity index (χ4v) is 1.68. The maximum atomic E-state index is 8.71. The number of nitrogens with zero attached hydrogens (tertiary/aromatic N) is 1. The minimum atomic E-state index is 0.383. The van der Waals surface area contributed by atoms with Crippen molar-refractivity contribution >= 4 is 10.8 Å². The highest BCUT2D eigenvalue weighted by Gasteiger charge is 2.04. The van der Waals surface area contributed by atoms with Crippen LogP contribution >= 0.6 is 0 Å². The van der Waals surface area contributed by atoms with E-state index in [2.05, 4.69) is 6.07 Å². The number of benzene rings is 2. The molecule has 0 N–H and O–H groups in total. The second-order valence-electron chi connectivity index (χ2n) is 3.35. The molecule has 2 rings (SSSR count). The molecule has 2 nitrogen and oxygen atoms in total. The van der Waals surface area contributed by atoms with Gasteiger partial charge >= 0.3 is 0 Å². The highest BCUT2D eigenvalue weighted by Crippen LogP contribution is 2.25. The van der Waals surface area contributed by atoms with Crippen molar-refractivity contribution in [1.29, 1.82) is 5.26 Å². The fourth-order valence-electron chi connectivity index (χ4n) is 1.68. The van der Waals surface area contributed by atoms with E-state index in [1.807, 2.05) is 36.4 Å². The van der Waals surface area contributed by atoms with Crippen molar-refractivity contribution in [3.63, 3.8) is 0 Å². The van der Waals surface area contributed by atoms with Crippen molar-refractivity contribution in [3.8, 4) is 11.8 Å². The van der Waals surface area contributed by atoms with Gasteiger partial charge in [-0.3, -0.25) is 0 Å². The van der Waals surface area contributed by atoms with Crippen LogP contribution in [0.1, 0.15) is 5.56 Å². The molecule has 0 bridgehead atoms. The van der Waals surface area contributed by atoms with Crippen LogP contribution < -0.4 is 4.74 Å². The Morgan fingerprint density at radius 3 is 2.47 bits per heavy atom. The van der Waals surface area contributed by atoms with Gasteiger partial charge in [-0.25, -0.2) is 0 Å². The maximum Gasteiger partial charge on any atom is 0.123 e. The van der Waals surface area contributed by atoms with Crippen LogP contribution in [0.2, 0.25) is 0 Å². The summed E-state index contributed by atoms with van der Waals surface area (Å²) in [5.41, 5.74) is 0.943. The summed E-state index contributed by atoms with van der Waals surface area (Å²) in [4.78, 5) is 0. The predicted molar refractivity (Wildman–Crippen MR) is 59.8 cm³/mol.